The molecule has 1 fully saturated rings. The van der Waals surface area contributed by atoms with Gasteiger partial charge < -0.3 is 20.9 Å². The first-order chi connectivity index (χ1) is 11.2. The minimum atomic E-state index is -1.09. The zero-order valence-electron chi connectivity index (χ0n) is 15.1. The van der Waals surface area contributed by atoms with Crippen molar-refractivity contribution in [2.75, 3.05) is 0 Å². The van der Waals surface area contributed by atoms with E-state index >= 15 is 0 Å². The van der Waals surface area contributed by atoms with Gasteiger partial charge >= 0.3 is 12.1 Å². The molecule has 0 radical (unpaired) electrons. The van der Waals surface area contributed by atoms with Crippen LogP contribution in [0.15, 0.2) is 0 Å². The first-order valence-corrected chi connectivity index (χ1v) is 8.57. The van der Waals surface area contributed by atoms with Gasteiger partial charge in [0.25, 0.3) is 0 Å². The highest BCUT2D eigenvalue weighted by atomic mass is 16.6. The Morgan fingerprint density at radius 1 is 1.33 bits per heavy atom. The summed E-state index contributed by atoms with van der Waals surface area (Å²) in [5, 5.41) is 11.2. The molecule has 0 spiro atoms. The number of nitrogens with two attached hydrogens (primary N) is 1. The first kappa shape index (κ1) is 22.3. The number of rotatable bonds is 5. The van der Waals surface area contributed by atoms with E-state index < -0.39 is 23.7 Å². The number of hydrogen-bond donors (Lipinski definition) is 3. The Labute approximate surface area is 145 Å². The fraction of sp³-hybridized carbons (Fsp3) is 0.778. The highest BCUT2D eigenvalue weighted by Gasteiger charge is 2.23. The van der Waals surface area contributed by atoms with Gasteiger partial charge in [0.05, 0.1) is 0 Å². The lowest BCUT2D eigenvalue weighted by Gasteiger charge is -2.21. The maximum absolute atomic E-state index is 11.4. The normalized spacial score (nSPS) is 16.1. The Hall–Kier alpha value is -1.74. The summed E-state index contributed by atoms with van der Waals surface area (Å²) < 4.78 is 4.97. The lowest BCUT2D eigenvalue weighted by Crippen LogP contribution is -2.43. The lowest BCUT2D eigenvalue weighted by molar-refractivity contribution is -0.139. The molecular formula is C18H32N2O4. The second-order valence-corrected chi connectivity index (χ2v) is 7.03. The van der Waals surface area contributed by atoms with Crippen LogP contribution in [-0.2, 0) is 9.53 Å². The molecule has 0 saturated heterocycles. The second-order valence-electron chi connectivity index (χ2n) is 7.03. The van der Waals surface area contributed by atoms with Crippen molar-refractivity contribution in [2.24, 2.45) is 5.73 Å². The average Bonchev–Trinajstić information content (AvgIpc) is 2.46. The third-order valence-electron chi connectivity index (χ3n) is 3.45. The van der Waals surface area contributed by atoms with Gasteiger partial charge in [0.2, 0.25) is 0 Å². The van der Waals surface area contributed by atoms with Crippen LogP contribution in [0.4, 0.5) is 4.79 Å². The summed E-state index contributed by atoms with van der Waals surface area (Å²) in [5.41, 5.74) is 4.99. The van der Waals surface area contributed by atoms with Crippen LogP contribution in [0.1, 0.15) is 72.1 Å². The Bertz CT molecular complexity index is 418. The highest BCUT2D eigenvalue weighted by Crippen LogP contribution is 2.14. The molecule has 0 aromatic heterocycles. The predicted octanol–water partition coefficient (Wildman–Crippen LogP) is 3.05. The quantitative estimate of drug-likeness (QED) is 0.527. The summed E-state index contributed by atoms with van der Waals surface area (Å²) in [7, 11) is 0. The van der Waals surface area contributed by atoms with Crippen LogP contribution in [0.5, 0.6) is 0 Å². The van der Waals surface area contributed by atoms with Gasteiger partial charge in [-0.05, 0) is 46.5 Å². The van der Waals surface area contributed by atoms with Gasteiger partial charge in [0.1, 0.15) is 11.6 Å². The van der Waals surface area contributed by atoms with Crippen molar-refractivity contribution < 1.29 is 19.4 Å². The van der Waals surface area contributed by atoms with E-state index in [0.717, 1.165) is 0 Å². The van der Waals surface area contributed by atoms with Crippen LogP contribution >= 0.6 is 0 Å². The molecule has 1 aliphatic rings. The number of carbonyl (C=O) groups is 2. The molecule has 1 amide bonds. The summed E-state index contributed by atoms with van der Waals surface area (Å²) in [6.45, 7) is 5.13. The molecule has 1 saturated carbocycles. The van der Waals surface area contributed by atoms with Gasteiger partial charge in [-0.3, -0.25) is 0 Å². The molecule has 4 N–H and O–H groups in total. The average molecular weight is 340 g/mol. The lowest BCUT2D eigenvalue weighted by atomic mass is 9.97. The van der Waals surface area contributed by atoms with Crippen LogP contribution in [0, 0.1) is 12.3 Å². The van der Waals surface area contributed by atoms with Crippen LogP contribution in [0.2, 0.25) is 0 Å². The third kappa shape index (κ3) is 12.8. The number of terminal acetylenes is 1. The molecule has 1 rings (SSSR count). The van der Waals surface area contributed by atoms with Gasteiger partial charge in [0, 0.05) is 12.5 Å². The molecule has 0 bridgehead atoms. The molecule has 6 heteroatoms. The van der Waals surface area contributed by atoms with E-state index in [1.807, 2.05) is 0 Å². The van der Waals surface area contributed by atoms with Crippen molar-refractivity contribution in [2.45, 2.75) is 89.8 Å². The molecule has 6 nitrogen and oxygen atoms in total. The summed E-state index contributed by atoms with van der Waals surface area (Å²) >= 11 is 0. The number of carbonyl (C=O) groups excluding carboxylic acids is 1. The number of nitrogens with one attached hydrogen (secondary N) is 1. The zero-order valence-corrected chi connectivity index (χ0v) is 15.1. The molecule has 0 aliphatic heterocycles. The van der Waals surface area contributed by atoms with E-state index in [-0.39, 0.29) is 0 Å². The molecule has 24 heavy (non-hydrogen) atoms. The third-order valence-corrected chi connectivity index (χ3v) is 3.45. The van der Waals surface area contributed by atoms with E-state index in [4.69, 9.17) is 22.0 Å². The molecular weight excluding hydrogens is 308 g/mol. The topological polar surface area (TPSA) is 102 Å². The fourth-order valence-corrected chi connectivity index (χ4v) is 2.25. The largest absolute Gasteiger partial charge is 0.480 e. The van der Waals surface area contributed by atoms with E-state index in [9.17, 15) is 9.59 Å². The van der Waals surface area contributed by atoms with Crippen LogP contribution in [-0.4, -0.2) is 34.9 Å². The van der Waals surface area contributed by atoms with Crippen molar-refractivity contribution >= 4 is 12.1 Å². The molecule has 0 aromatic carbocycles. The van der Waals surface area contributed by atoms with E-state index in [2.05, 4.69) is 11.2 Å². The monoisotopic (exact) mass is 340 g/mol. The van der Waals surface area contributed by atoms with Crippen LogP contribution < -0.4 is 11.1 Å². The number of ether oxygens (including phenoxy) is 1. The van der Waals surface area contributed by atoms with Gasteiger partial charge in [-0.15, -0.1) is 12.3 Å². The zero-order chi connectivity index (χ0) is 18.6. The van der Waals surface area contributed by atoms with E-state index in [0.29, 0.717) is 25.3 Å². The second kappa shape index (κ2) is 11.7. The van der Waals surface area contributed by atoms with Crippen LogP contribution in [0.3, 0.4) is 0 Å². The van der Waals surface area contributed by atoms with Gasteiger partial charge in [-0.2, -0.15) is 0 Å². The Morgan fingerprint density at radius 2 is 1.92 bits per heavy atom. The van der Waals surface area contributed by atoms with Gasteiger partial charge in [-0.25, -0.2) is 9.59 Å². The van der Waals surface area contributed by atoms with E-state index in [1.165, 1.54) is 32.1 Å². The van der Waals surface area contributed by atoms with Crippen LogP contribution in [0.25, 0.3) is 0 Å². The maximum Gasteiger partial charge on any atom is 0.408 e. The number of amides is 1. The standard InChI is InChI=1S/C12H19NO4.C6H13N/c1-5-6-7-8-9(10(14)15)13-11(16)17-12(2,3)4;7-6-4-2-1-3-5-6/h1,9H,6-8H2,2-4H3,(H,13,16)(H,14,15);6H,1-5,7H2. The van der Waals surface area contributed by atoms with Crippen molar-refractivity contribution in [3.8, 4) is 12.3 Å². The van der Waals surface area contributed by atoms with Gasteiger partial charge in [0.15, 0.2) is 0 Å². The fourth-order valence-electron chi connectivity index (χ4n) is 2.25. The molecule has 0 heterocycles. The van der Waals surface area contributed by atoms with E-state index in [1.54, 1.807) is 20.8 Å². The SMILES string of the molecule is C#CCCCC(NC(=O)OC(C)(C)C)C(=O)O.NC1CCCCC1. The summed E-state index contributed by atoms with van der Waals surface area (Å²) in [5.74, 6) is 1.33. The molecule has 1 atom stereocenters. The summed E-state index contributed by atoms with van der Waals surface area (Å²) in [6, 6.07) is -0.424. The Kier molecular flexibility index (Phi) is 10.9. The number of unbranched alkanes of at least 4 members (excludes halogenated alkanes) is 1. The number of aliphatic carboxylic acids is 1. The molecule has 1 aliphatic carbocycles. The molecule has 0 aromatic rings. The summed E-state index contributed by atoms with van der Waals surface area (Å²) in [6.07, 6.45) is 12.3. The van der Waals surface area contributed by atoms with Gasteiger partial charge in [-0.1, -0.05) is 19.3 Å². The number of carboxylic acid groups (broad SMARTS) is 1. The Balaban J connectivity index is 0.000000620. The smallest absolute Gasteiger partial charge is 0.408 e. The Morgan fingerprint density at radius 3 is 2.29 bits per heavy atom. The van der Waals surface area contributed by atoms with Crippen molar-refractivity contribution in [1.82, 2.24) is 5.32 Å². The minimum Gasteiger partial charge on any atom is -0.480 e. The predicted molar refractivity (Wildman–Crippen MR) is 94.5 cm³/mol. The molecule has 138 valence electrons. The maximum atomic E-state index is 11.4. The van der Waals surface area contributed by atoms with Crippen molar-refractivity contribution in [3.05, 3.63) is 0 Å². The number of carboxylic acids is 1. The number of alkyl carbamates (subject to hydrolysis) is 1. The van der Waals surface area contributed by atoms with Crippen molar-refractivity contribution in [3.63, 3.8) is 0 Å². The summed E-state index contributed by atoms with van der Waals surface area (Å²) in [4.78, 5) is 22.2. The molecule has 1 unspecified atom stereocenters. The van der Waals surface area contributed by atoms with Crippen molar-refractivity contribution in [1.29, 1.82) is 0 Å². The first-order valence-electron chi connectivity index (χ1n) is 8.57. The minimum absolute atomic E-state index is 0.290. The number of hydrogen-bond acceptors (Lipinski definition) is 4. The highest BCUT2D eigenvalue weighted by molar-refractivity contribution is 5.79.